The van der Waals surface area contributed by atoms with E-state index in [1.165, 1.54) is 12.2 Å². The van der Waals surface area contributed by atoms with Crippen molar-refractivity contribution in [3.05, 3.63) is 53.7 Å². The molecular formula is C14H20N4O2. The molecule has 0 radical (unpaired) electrons. The van der Waals surface area contributed by atoms with Crippen LogP contribution in [0, 0.1) is 0 Å². The number of carbonyl (C=O) groups excluding carboxylic acids is 1. The first-order chi connectivity index (χ1) is 9.40. The highest BCUT2D eigenvalue weighted by Gasteiger charge is 2.08. The summed E-state index contributed by atoms with van der Waals surface area (Å²) in [6.45, 7) is 3.71. The van der Waals surface area contributed by atoms with Crippen molar-refractivity contribution < 1.29 is 9.53 Å². The first-order valence-corrected chi connectivity index (χ1v) is 6.15. The SMILES string of the molecule is CC(C)O/C(N)=C/C=C(\N)NC(=O)c1ccccc1N. The summed E-state index contributed by atoms with van der Waals surface area (Å²) in [4.78, 5) is 11.9. The number of benzene rings is 1. The molecule has 1 aromatic rings. The van der Waals surface area contributed by atoms with Crippen molar-refractivity contribution in [2.75, 3.05) is 5.73 Å². The lowest BCUT2D eigenvalue weighted by atomic mass is 10.1. The van der Waals surface area contributed by atoms with Gasteiger partial charge in [-0.15, -0.1) is 0 Å². The molecule has 0 fully saturated rings. The smallest absolute Gasteiger partial charge is 0.258 e. The van der Waals surface area contributed by atoms with Gasteiger partial charge in [0.1, 0.15) is 5.82 Å². The molecule has 1 aromatic carbocycles. The Kier molecular flexibility index (Phi) is 5.46. The topological polar surface area (TPSA) is 116 Å². The van der Waals surface area contributed by atoms with E-state index in [1.807, 2.05) is 13.8 Å². The zero-order valence-electron chi connectivity index (χ0n) is 11.6. The minimum absolute atomic E-state index is 0.0282. The van der Waals surface area contributed by atoms with E-state index in [1.54, 1.807) is 24.3 Å². The van der Waals surface area contributed by atoms with Crippen LogP contribution in [0.4, 0.5) is 5.69 Å². The van der Waals surface area contributed by atoms with E-state index in [2.05, 4.69) is 5.32 Å². The lowest BCUT2D eigenvalue weighted by Gasteiger charge is -2.09. The lowest BCUT2D eigenvalue weighted by Crippen LogP contribution is -2.28. The summed E-state index contributed by atoms with van der Waals surface area (Å²) >= 11 is 0. The van der Waals surface area contributed by atoms with Crippen LogP contribution in [0.1, 0.15) is 24.2 Å². The van der Waals surface area contributed by atoms with Crippen molar-refractivity contribution in [3.8, 4) is 0 Å². The number of nitrogens with one attached hydrogen (secondary N) is 1. The minimum atomic E-state index is -0.381. The third-order valence-electron chi connectivity index (χ3n) is 2.26. The number of carbonyl (C=O) groups is 1. The van der Waals surface area contributed by atoms with E-state index >= 15 is 0 Å². The van der Waals surface area contributed by atoms with Crippen molar-refractivity contribution in [2.45, 2.75) is 20.0 Å². The van der Waals surface area contributed by atoms with Gasteiger partial charge in [0, 0.05) is 11.8 Å². The molecular weight excluding hydrogens is 256 g/mol. The Hall–Kier alpha value is -2.63. The van der Waals surface area contributed by atoms with Crippen LogP contribution in [0.15, 0.2) is 48.1 Å². The van der Waals surface area contributed by atoms with Crippen LogP contribution in [-0.2, 0) is 4.74 Å². The third kappa shape index (κ3) is 4.93. The normalized spacial score (nSPS) is 12.3. The third-order valence-corrected chi connectivity index (χ3v) is 2.26. The van der Waals surface area contributed by atoms with Crippen LogP contribution >= 0.6 is 0 Å². The summed E-state index contributed by atoms with van der Waals surface area (Å²) < 4.78 is 5.22. The van der Waals surface area contributed by atoms with Gasteiger partial charge in [-0.3, -0.25) is 4.79 Å². The molecule has 0 aliphatic rings. The average Bonchev–Trinajstić information content (AvgIpc) is 2.36. The Morgan fingerprint density at radius 3 is 2.50 bits per heavy atom. The minimum Gasteiger partial charge on any atom is -0.477 e. The van der Waals surface area contributed by atoms with Gasteiger partial charge in [0.2, 0.25) is 0 Å². The quantitative estimate of drug-likeness (QED) is 0.364. The van der Waals surface area contributed by atoms with Crippen molar-refractivity contribution in [2.24, 2.45) is 11.5 Å². The molecule has 0 atom stereocenters. The summed E-state index contributed by atoms with van der Waals surface area (Å²) in [5, 5.41) is 2.51. The zero-order valence-corrected chi connectivity index (χ0v) is 11.6. The second kappa shape index (κ2) is 7.08. The van der Waals surface area contributed by atoms with Gasteiger partial charge in [0.25, 0.3) is 5.91 Å². The Labute approximate surface area is 118 Å². The fourth-order valence-electron chi connectivity index (χ4n) is 1.43. The molecule has 0 aliphatic heterocycles. The van der Waals surface area contributed by atoms with Gasteiger partial charge in [0.15, 0.2) is 5.88 Å². The predicted molar refractivity (Wildman–Crippen MR) is 79.1 cm³/mol. The van der Waals surface area contributed by atoms with Crippen LogP contribution in [-0.4, -0.2) is 12.0 Å². The van der Waals surface area contributed by atoms with E-state index in [9.17, 15) is 4.79 Å². The molecule has 0 saturated carbocycles. The lowest BCUT2D eigenvalue weighted by molar-refractivity contribution is 0.0966. The first-order valence-electron chi connectivity index (χ1n) is 6.15. The van der Waals surface area contributed by atoms with E-state index < -0.39 is 0 Å². The number of ether oxygens (including phenoxy) is 1. The fraction of sp³-hybridized carbons (Fsp3) is 0.214. The van der Waals surface area contributed by atoms with Crippen LogP contribution < -0.4 is 22.5 Å². The molecule has 0 aromatic heterocycles. The summed E-state index contributed by atoms with van der Waals surface area (Å²) in [6.07, 6.45) is 2.90. The number of rotatable bonds is 5. The van der Waals surface area contributed by atoms with Crippen LogP contribution in [0.3, 0.4) is 0 Å². The van der Waals surface area contributed by atoms with E-state index in [4.69, 9.17) is 21.9 Å². The van der Waals surface area contributed by atoms with E-state index in [0.717, 1.165) is 0 Å². The number of hydrogen-bond acceptors (Lipinski definition) is 5. The Morgan fingerprint density at radius 1 is 1.25 bits per heavy atom. The maximum absolute atomic E-state index is 11.9. The standard InChI is InChI=1S/C14H20N4O2/c1-9(2)20-13(17)8-7-12(16)18-14(19)10-5-3-4-6-11(10)15/h3-9H,15-17H2,1-2H3,(H,18,19)/b12-7+,13-8+. The van der Waals surface area contributed by atoms with Gasteiger partial charge in [-0.25, -0.2) is 0 Å². The number of allylic oxidation sites excluding steroid dienone is 2. The Morgan fingerprint density at radius 2 is 1.90 bits per heavy atom. The largest absolute Gasteiger partial charge is 0.477 e. The maximum Gasteiger partial charge on any atom is 0.258 e. The number of nitrogen functional groups attached to an aromatic ring is 1. The molecule has 0 bridgehead atoms. The van der Waals surface area contributed by atoms with Gasteiger partial charge < -0.3 is 27.3 Å². The predicted octanol–water partition coefficient (Wildman–Crippen LogP) is 1.02. The highest BCUT2D eigenvalue weighted by Crippen LogP contribution is 2.10. The van der Waals surface area contributed by atoms with Crippen molar-refractivity contribution in [1.29, 1.82) is 0 Å². The Balaban J connectivity index is 2.69. The number of amides is 1. The number of anilines is 1. The van der Waals surface area contributed by atoms with Gasteiger partial charge >= 0.3 is 0 Å². The van der Waals surface area contributed by atoms with E-state index in [0.29, 0.717) is 11.3 Å². The molecule has 0 saturated heterocycles. The summed E-state index contributed by atoms with van der Waals surface area (Å²) in [7, 11) is 0. The average molecular weight is 276 g/mol. The molecule has 0 unspecified atom stereocenters. The van der Waals surface area contributed by atoms with Crippen molar-refractivity contribution in [3.63, 3.8) is 0 Å². The molecule has 1 amide bonds. The van der Waals surface area contributed by atoms with Gasteiger partial charge in [0.05, 0.1) is 11.7 Å². The molecule has 0 heterocycles. The molecule has 20 heavy (non-hydrogen) atoms. The number of nitrogens with two attached hydrogens (primary N) is 3. The zero-order chi connectivity index (χ0) is 15.1. The number of para-hydroxylation sites is 1. The molecule has 108 valence electrons. The molecule has 6 heteroatoms. The number of hydrogen-bond donors (Lipinski definition) is 4. The van der Waals surface area contributed by atoms with Gasteiger partial charge in [-0.05, 0) is 32.1 Å². The molecule has 6 nitrogen and oxygen atoms in total. The molecule has 7 N–H and O–H groups in total. The van der Waals surface area contributed by atoms with Gasteiger partial charge in [-0.2, -0.15) is 0 Å². The van der Waals surface area contributed by atoms with Crippen molar-refractivity contribution >= 4 is 11.6 Å². The summed E-state index contributed by atoms with van der Waals surface area (Å²) in [6, 6.07) is 6.73. The second-order valence-corrected chi connectivity index (χ2v) is 4.40. The van der Waals surface area contributed by atoms with E-state index in [-0.39, 0.29) is 23.7 Å². The van der Waals surface area contributed by atoms with Crippen LogP contribution in [0.25, 0.3) is 0 Å². The molecule has 0 spiro atoms. The monoisotopic (exact) mass is 276 g/mol. The second-order valence-electron chi connectivity index (χ2n) is 4.40. The highest BCUT2D eigenvalue weighted by atomic mass is 16.5. The van der Waals surface area contributed by atoms with Crippen molar-refractivity contribution in [1.82, 2.24) is 5.32 Å². The highest BCUT2D eigenvalue weighted by molar-refractivity contribution is 5.99. The molecule has 0 aliphatic carbocycles. The summed E-state index contributed by atoms with van der Waals surface area (Å²) in [5.41, 5.74) is 17.7. The van der Waals surface area contributed by atoms with Crippen LogP contribution in [0.5, 0.6) is 0 Å². The Bertz CT molecular complexity index is 536. The summed E-state index contributed by atoms with van der Waals surface area (Å²) in [5.74, 6) is -0.0152. The molecule has 1 rings (SSSR count). The fourth-order valence-corrected chi connectivity index (χ4v) is 1.43. The maximum atomic E-state index is 11.9. The first kappa shape index (κ1) is 15.4. The van der Waals surface area contributed by atoms with Crippen LogP contribution in [0.2, 0.25) is 0 Å². The van der Waals surface area contributed by atoms with Gasteiger partial charge in [-0.1, -0.05) is 12.1 Å².